The SMILES string of the molecule is Cc1cc(C(=O)O)nc(Nc2ccc3c(c2)OCO3)n1. The van der Waals surface area contributed by atoms with E-state index in [2.05, 4.69) is 15.3 Å². The number of aryl methyl sites for hydroxylation is 1. The molecule has 7 nitrogen and oxygen atoms in total. The number of aromatic carboxylic acids is 1. The molecule has 20 heavy (non-hydrogen) atoms. The van der Waals surface area contributed by atoms with Crippen LogP contribution < -0.4 is 14.8 Å². The maximum atomic E-state index is 11.0. The van der Waals surface area contributed by atoms with Crippen molar-refractivity contribution < 1.29 is 19.4 Å². The predicted octanol–water partition coefficient (Wildman–Crippen LogP) is 1.96. The average molecular weight is 273 g/mol. The van der Waals surface area contributed by atoms with E-state index in [0.717, 1.165) is 0 Å². The fourth-order valence-electron chi connectivity index (χ4n) is 1.84. The van der Waals surface area contributed by atoms with Crippen molar-refractivity contribution in [3.63, 3.8) is 0 Å². The molecule has 2 aromatic rings. The van der Waals surface area contributed by atoms with Crippen LogP contribution in [-0.4, -0.2) is 27.8 Å². The van der Waals surface area contributed by atoms with Crippen LogP contribution in [-0.2, 0) is 0 Å². The lowest BCUT2D eigenvalue weighted by atomic mass is 10.3. The van der Waals surface area contributed by atoms with Crippen molar-refractivity contribution in [1.29, 1.82) is 0 Å². The van der Waals surface area contributed by atoms with Gasteiger partial charge in [0.15, 0.2) is 17.2 Å². The second kappa shape index (κ2) is 4.69. The Morgan fingerprint density at radius 3 is 2.85 bits per heavy atom. The predicted molar refractivity (Wildman–Crippen MR) is 69.6 cm³/mol. The highest BCUT2D eigenvalue weighted by Crippen LogP contribution is 2.34. The van der Waals surface area contributed by atoms with Crippen LogP contribution in [0.3, 0.4) is 0 Å². The largest absolute Gasteiger partial charge is 0.477 e. The number of hydrogen-bond donors (Lipinski definition) is 2. The number of carboxylic acids is 1. The van der Waals surface area contributed by atoms with Crippen LogP contribution in [0, 0.1) is 6.92 Å². The van der Waals surface area contributed by atoms with Crippen molar-refractivity contribution in [3.05, 3.63) is 35.7 Å². The quantitative estimate of drug-likeness (QED) is 0.882. The summed E-state index contributed by atoms with van der Waals surface area (Å²) in [7, 11) is 0. The third-order valence-corrected chi connectivity index (χ3v) is 2.70. The van der Waals surface area contributed by atoms with E-state index in [9.17, 15) is 4.79 Å². The van der Waals surface area contributed by atoms with Gasteiger partial charge in [0.2, 0.25) is 12.7 Å². The van der Waals surface area contributed by atoms with Crippen molar-refractivity contribution in [2.45, 2.75) is 6.92 Å². The Bertz CT molecular complexity index is 687. The lowest BCUT2D eigenvalue weighted by molar-refractivity contribution is 0.0690. The maximum absolute atomic E-state index is 11.0. The molecular weight excluding hydrogens is 262 g/mol. The van der Waals surface area contributed by atoms with Crippen LogP contribution in [0.5, 0.6) is 11.5 Å². The monoisotopic (exact) mass is 273 g/mol. The van der Waals surface area contributed by atoms with Crippen molar-refractivity contribution in [2.24, 2.45) is 0 Å². The van der Waals surface area contributed by atoms with Gasteiger partial charge in [0, 0.05) is 17.4 Å². The topological polar surface area (TPSA) is 93.6 Å². The first-order valence-electron chi connectivity index (χ1n) is 5.87. The summed E-state index contributed by atoms with van der Waals surface area (Å²) < 4.78 is 10.5. The molecule has 2 heterocycles. The third-order valence-electron chi connectivity index (χ3n) is 2.70. The first-order valence-corrected chi connectivity index (χ1v) is 5.87. The molecule has 2 N–H and O–H groups in total. The van der Waals surface area contributed by atoms with Crippen molar-refractivity contribution >= 4 is 17.6 Å². The fourth-order valence-corrected chi connectivity index (χ4v) is 1.84. The van der Waals surface area contributed by atoms with Crippen LogP contribution in [0.15, 0.2) is 24.3 Å². The zero-order valence-corrected chi connectivity index (χ0v) is 10.6. The molecule has 0 aliphatic carbocycles. The van der Waals surface area contributed by atoms with Gasteiger partial charge in [-0.3, -0.25) is 0 Å². The standard InChI is InChI=1S/C13H11N3O4/c1-7-4-9(12(17)18)16-13(14-7)15-8-2-3-10-11(5-8)20-6-19-10/h2-5H,6H2,1H3,(H,17,18)(H,14,15,16). The molecule has 1 aromatic carbocycles. The normalized spacial score (nSPS) is 12.2. The molecule has 1 aliphatic heterocycles. The molecule has 0 amide bonds. The number of carboxylic acid groups (broad SMARTS) is 1. The summed E-state index contributed by atoms with van der Waals surface area (Å²) in [4.78, 5) is 19.0. The Morgan fingerprint density at radius 1 is 1.25 bits per heavy atom. The number of hydrogen-bond acceptors (Lipinski definition) is 6. The fraction of sp³-hybridized carbons (Fsp3) is 0.154. The molecule has 3 rings (SSSR count). The van der Waals surface area contributed by atoms with Gasteiger partial charge in [-0.25, -0.2) is 14.8 Å². The lowest BCUT2D eigenvalue weighted by Gasteiger charge is -2.07. The molecule has 7 heteroatoms. The molecule has 1 aromatic heterocycles. The summed E-state index contributed by atoms with van der Waals surface area (Å²) in [5.41, 5.74) is 1.21. The summed E-state index contributed by atoms with van der Waals surface area (Å²) >= 11 is 0. The first-order chi connectivity index (χ1) is 9.61. The number of aromatic nitrogens is 2. The van der Waals surface area contributed by atoms with E-state index in [1.807, 2.05) is 0 Å². The van der Waals surface area contributed by atoms with E-state index in [0.29, 0.717) is 22.9 Å². The van der Waals surface area contributed by atoms with E-state index >= 15 is 0 Å². The highest BCUT2D eigenvalue weighted by Gasteiger charge is 2.14. The van der Waals surface area contributed by atoms with E-state index < -0.39 is 5.97 Å². The van der Waals surface area contributed by atoms with Gasteiger partial charge in [-0.2, -0.15) is 0 Å². The lowest BCUT2D eigenvalue weighted by Crippen LogP contribution is -2.06. The third kappa shape index (κ3) is 2.33. The Kier molecular flexibility index (Phi) is 2.86. The minimum atomic E-state index is -1.09. The van der Waals surface area contributed by atoms with Crippen molar-refractivity contribution in [1.82, 2.24) is 9.97 Å². The van der Waals surface area contributed by atoms with Gasteiger partial charge in [0.1, 0.15) is 0 Å². The first kappa shape index (κ1) is 12.2. The Morgan fingerprint density at radius 2 is 2.05 bits per heavy atom. The molecule has 1 aliphatic rings. The summed E-state index contributed by atoms with van der Waals surface area (Å²) in [5.74, 6) is 0.429. The summed E-state index contributed by atoms with van der Waals surface area (Å²) in [6, 6.07) is 6.69. The molecule has 102 valence electrons. The van der Waals surface area contributed by atoms with Gasteiger partial charge in [-0.1, -0.05) is 0 Å². The Hall–Kier alpha value is -2.83. The number of anilines is 2. The number of carbonyl (C=O) groups is 1. The van der Waals surface area contributed by atoms with Crippen LogP contribution in [0.4, 0.5) is 11.6 Å². The van der Waals surface area contributed by atoms with E-state index in [1.54, 1.807) is 25.1 Å². The summed E-state index contributed by atoms with van der Waals surface area (Å²) in [5, 5.41) is 11.9. The number of nitrogens with one attached hydrogen (secondary N) is 1. The van der Waals surface area contributed by atoms with Crippen molar-refractivity contribution in [2.75, 3.05) is 12.1 Å². The summed E-state index contributed by atoms with van der Waals surface area (Å²) in [6.45, 7) is 1.90. The number of ether oxygens (including phenoxy) is 2. The highest BCUT2D eigenvalue weighted by atomic mass is 16.7. The summed E-state index contributed by atoms with van der Waals surface area (Å²) in [6.07, 6.45) is 0. The average Bonchev–Trinajstić information content (AvgIpc) is 2.85. The van der Waals surface area contributed by atoms with Crippen LogP contribution in [0.25, 0.3) is 0 Å². The van der Waals surface area contributed by atoms with Gasteiger partial charge in [0.05, 0.1) is 0 Å². The Balaban J connectivity index is 1.89. The highest BCUT2D eigenvalue weighted by molar-refractivity contribution is 5.85. The number of rotatable bonds is 3. The molecule has 0 saturated heterocycles. The maximum Gasteiger partial charge on any atom is 0.354 e. The van der Waals surface area contributed by atoms with Crippen LogP contribution >= 0.6 is 0 Å². The van der Waals surface area contributed by atoms with Crippen molar-refractivity contribution in [3.8, 4) is 11.5 Å². The molecule has 0 fully saturated rings. The number of benzene rings is 1. The second-order valence-electron chi connectivity index (χ2n) is 4.22. The second-order valence-corrected chi connectivity index (χ2v) is 4.22. The van der Waals surface area contributed by atoms with E-state index in [4.69, 9.17) is 14.6 Å². The minimum absolute atomic E-state index is 0.0549. The Labute approximate surface area is 114 Å². The zero-order chi connectivity index (χ0) is 14.1. The van der Waals surface area contributed by atoms with Gasteiger partial charge >= 0.3 is 5.97 Å². The van der Waals surface area contributed by atoms with Gasteiger partial charge < -0.3 is 19.9 Å². The molecule has 0 radical (unpaired) electrons. The molecule has 0 spiro atoms. The minimum Gasteiger partial charge on any atom is -0.477 e. The van der Waals surface area contributed by atoms with Gasteiger partial charge in [-0.05, 0) is 25.1 Å². The van der Waals surface area contributed by atoms with E-state index in [-0.39, 0.29) is 18.4 Å². The molecular formula is C13H11N3O4. The molecule has 0 bridgehead atoms. The molecule has 0 atom stereocenters. The molecule has 0 unspecified atom stereocenters. The van der Waals surface area contributed by atoms with Gasteiger partial charge in [0.25, 0.3) is 0 Å². The van der Waals surface area contributed by atoms with Crippen LogP contribution in [0.1, 0.15) is 16.2 Å². The molecule has 0 saturated carbocycles. The zero-order valence-electron chi connectivity index (χ0n) is 10.6. The smallest absolute Gasteiger partial charge is 0.354 e. The number of fused-ring (bicyclic) bond motifs is 1. The van der Waals surface area contributed by atoms with Crippen LogP contribution in [0.2, 0.25) is 0 Å². The van der Waals surface area contributed by atoms with E-state index in [1.165, 1.54) is 6.07 Å². The van der Waals surface area contributed by atoms with Gasteiger partial charge in [-0.15, -0.1) is 0 Å². The number of nitrogens with zero attached hydrogens (tertiary/aromatic N) is 2.